The molecule has 0 saturated carbocycles. The SMILES string of the molecule is COC[C@H]1O[C@@H](O)[C@H](NC(C)=O)[C@@H](O)[C@@H]1O[C@@H]1O[C@H](CO)[C@@H](O[C@@H]2O[C@H](CO[C@H]3O[C@H](CO)[C@@H](O)[C@H](O)[C@@H]3O)[C@@H](O)[C@H](O)[C@@H]2O)[C@H](O)[C@H]1NC(C)=O. The van der Waals surface area contributed by atoms with Crippen molar-refractivity contribution >= 4 is 11.8 Å². The molecule has 4 aliphatic rings. The lowest BCUT2D eigenvalue weighted by Crippen LogP contribution is -2.70. The summed E-state index contributed by atoms with van der Waals surface area (Å²) in [6, 6.07) is -2.93. The number of methoxy groups -OCH3 is 1. The monoisotopic (exact) mass is 762 g/mol. The summed E-state index contributed by atoms with van der Waals surface area (Å²) in [5.41, 5.74) is 0. The predicted molar refractivity (Wildman–Crippen MR) is 162 cm³/mol. The highest BCUT2D eigenvalue weighted by atomic mass is 16.8. The number of nitrogens with one attached hydrogen (secondary N) is 2. The number of ether oxygens (including phenoxy) is 8. The van der Waals surface area contributed by atoms with Crippen LogP contribution in [-0.4, -0.2) is 224 Å². The highest BCUT2D eigenvalue weighted by molar-refractivity contribution is 5.73. The molecule has 4 fully saturated rings. The van der Waals surface area contributed by atoms with Crippen molar-refractivity contribution in [1.29, 1.82) is 0 Å². The molecule has 4 aliphatic heterocycles. The van der Waals surface area contributed by atoms with Crippen LogP contribution in [0.5, 0.6) is 0 Å². The second kappa shape index (κ2) is 18.7. The first-order valence-electron chi connectivity index (χ1n) is 16.5. The number of amides is 2. The standard InChI is InChI=1S/C29H50N2O21/c1-8(34)30-14-18(38)25(13(6-45-3)47-26(14)44)51-27-15(31-9(2)35)19(39)24(11(5-33)49-27)52-29-23(43)21(41)17(37)12(50-29)7-46-28-22(42)20(40)16(36)10(4-32)48-28/h10-29,32-33,36-44H,4-7H2,1-3H3,(H,30,34)(H,31,35)/t10-,11-,12-,13-,14-,15-,16-,17-,18-,19-,20+,21+,22+,23+,24-,25-,26-,27+,28+,29+/m1/s1. The Kier molecular flexibility index (Phi) is 15.4. The summed E-state index contributed by atoms with van der Waals surface area (Å²) in [5, 5.41) is 120. The molecule has 0 bridgehead atoms. The van der Waals surface area contributed by atoms with E-state index in [-0.39, 0.29) is 6.61 Å². The molecule has 4 rings (SSSR count). The van der Waals surface area contributed by atoms with Gasteiger partial charge in [0.1, 0.15) is 97.5 Å². The molecule has 4 saturated heterocycles. The molecule has 0 spiro atoms. The lowest BCUT2D eigenvalue weighted by Gasteiger charge is -2.49. The number of aliphatic hydroxyl groups is 11. The molecule has 20 atom stereocenters. The molecule has 302 valence electrons. The van der Waals surface area contributed by atoms with Crippen molar-refractivity contribution in [2.75, 3.05) is 33.5 Å². The van der Waals surface area contributed by atoms with Crippen LogP contribution in [0.25, 0.3) is 0 Å². The van der Waals surface area contributed by atoms with E-state index >= 15 is 0 Å². The van der Waals surface area contributed by atoms with Crippen LogP contribution in [-0.2, 0) is 47.5 Å². The molecule has 0 aliphatic carbocycles. The van der Waals surface area contributed by atoms with Crippen molar-refractivity contribution in [2.45, 2.75) is 137 Å². The van der Waals surface area contributed by atoms with Crippen molar-refractivity contribution in [3.63, 3.8) is 0 Å². The average molecular weight is 763 g/mol. The molecule has 0 aromatic carbocycles. The van der Waals surface area contributed by atoms with Crippen LogP contribution in [0.15, 0.2) is 0 Å². The zero-order valence-electron chi connectivity index (χ0n) is 28.4. The maximum absolute atomic E-state index is 12.3. The zero-order chi connectivity index (χ0) is 38.6. The van der Waals surface area contributed by atoms with Gasteiger partial charge in [0.15, 0.2) is 25.2 Å². The molecule has 23 heteroatoms. The largest absolute Gasteiger partial charge is 0.394 e. The van der Waals surface area contributed by atoms with E-state index in [0.717, 1.165) is 13.8 Å². The van der Waals surface area contributed by atoms with Crippen LogP contribution < -0.4 is 10.6 Å². The highest BCUT2D eigenvalue weighted by Gasteiger charge is 2.54. The Hall–Kier alpha value is -1.82. The van der Waals surface area contributed by atoms with E-state index in [4.69, 9.17) is 37.9 Å². The molecule has 23 nitrogen and oxygen atoms in total. The maximum atomic E-state index is 12.3. The number of aliphatic hydroxyl groups excluding tert-OH is 11. The van der Waals surface area contributed by atoms with Crippen molar-refractivity contribution in [2.24, 2.45) is 0 Å². The molecule has 13 N–H and O–H groups in total. The Morgan fingerprint density at radius 2 is 1.02 bits per heavy atom. The minimum Gasteiger partial charge on any atom is -0.394 e. The van der Waals surface area contributed by atoms with Crippen LogP contribution in [0.2, 0.25) is 0 Å². The van der Waals surface area contributed by atoms with Gasteiger partial charge >= 0.3 is 0 Å². The quantitative estimate of drug-likeness (QED) is 0.0828. The van der Waals surface area contributed by atoms with Crippen LogP contribution in [0.3, 0.4) is 0 Å². The lowest BCUT2D eigenvalue weighted by molar-refractivity contribution is -0.365. The van der Waals surface area contributed by atoms with Gasteiger partial charge in [0.25, 0.3) is 0 Å². The van der Waals surface area contributed by atoms with Gasteiger partial charge in [-0.15, -0.1) is 0 Å². The van der Waals surface area contributed by atoms with Gasteiger partial charge in [-0.1, -0.05) is 0 Å². The molecular weight excluding hydrogens is 712 g/mol. The van der Waals surface area contributed by atoms with Gasteiger partial charge in [0.2, 0.25) is 11.8 Å². The maximum Gasteiger partial charge on any atom is 0.217 e. The summed E-state index contributed by atoms with van der Waals surface area (Å²) in [7, 11) is 1.30. The van der Waals surface area contributed by atoms with E-state index in [1.54, 1.807) is 0 Å². The molecule has 0 unspecified atom stereocenters. The first-order valence-corrected chi connectivity index (χ1v) is 16.5. The molecule has 0 radical (unpaired) electrons. The second-order valence-corrected chi connectivity index (χ2v) is 12.9. The number of hydrogen-bond acceptors (Lipinski definition) is 21. The molecule has 0 aromatic rings. The van der Waals surface area contributed by atoms with Crippen molar-refractivity contribution in [3.8, 4) is 0 Å². The van der Waals surface area contributed by atoms with Gasteiger partial charge in [-0.25, -0.2) is 0 Å². The predicted octanol–water partition coefficient (Wildman–Crippen LogP) is -8.81. The summed E-state index contributed by atoms with van der Waals surface area (Å²) in [6.07, 6.45) is -30.1. The van der Waals surface area contributed by atoms with Gasteiger partial charge in [0.05, 0.1) is 26.4 Å². The fourth-order valence-electron chi connectivity index (χ4n) is 6.40. The first kappa shape index (κ1) is 42.9. The van der Waals surface area contributed by atoms with Gasteiger partial charge < -0.3 is 105 Å². The molecule has 52 heavy (non-hydrogen) atoms. The van der Waals surface area contributed by atoms with Crippen molar-refractivity contribution in [1.82, 2.24) is 10.6 Å². The third-order valence-corrected chi connectivity index (χ3v) is 9.14. The van der Waals surface area contributed by atoms with E-state index in [1.807, 2.05) is 0 Å². The Morgan fingerprint density at radius 1 is 0.538 bits per heavy atom. The summed E-state index contributed by atoms with van der Waals surface area (Å²) >= 11 is 0. The fraction of sp³-hybridized carbons (Fsp3) is 0.931. The third kappa shape index (κ3) is 9.51. The van der Waals surface area contributed by atoms with E-state index in [9.17, 15) is 65.8 Å². The smallest absolute Gasteiger partial charge is 0.217 e. The van der Waals surface area contributed by atoms with E-state index in [2.05, 4.69) is 10.6 Å². The second-order valence-electron chi connectivity index (χ2n) is 12.9. The van der Waals surface area contributed by atoms with Gasteiger partial charge in [-0.05, 0) is 0 Å². The highest BCUT2D eigenvalue weighted by Crippen LogP contribution is 2.33. The minimum atomic E-state index is -1.99. The number of hydrogen-bond donors (Lipinski definition) is 13. The summed E-state index contributed by atoms with van der Waals surface area (Å²) < 4.78 is 44.6. The van der Waals surface area contributed by atoms with E-state index in [1.165, 1.54) is 7.11 Å². The van der Waals surface area contributed by atoms with Crippen LogP contribution in [0.4, 0.5) is 0 Å². The molecular formula is C29H50N2O21. The summed E-state index contributed by atoms with van der Waals surface area (Å²) in [5.74, 6) is -1.33. The van der Waals surface area contributed by atoms with Gasteiger partial charge in [-0.3, -0.25) is 9.59 Å². The Bertz CT molecular complexity index is 1160. The Balaban J connectivity index is 1.51. The average Bonchev–Trinajstić information content (AvgIpc) is 3.09. The topological polar surface area (TPSA) is 355 Å². The Morgan fingerprint density at radius 3 is 1.60 bits per heavy atom. The number of carbonyl (C=O) groups is 2. The molecule has 4 heterocycles. The van der Waals surface area contributed by atoms with E-state index in [0.29, 0.717) is 0 Å². The normalized spacial score (nSPS) is 47.1. The zero-order valence-corrected chi connectivity index (χ0v) is 28.4. The third-order valence-electron chi connectivity index (χ3n) is 9.14. The van der Waals surface area contributed by atoms with E-state index < -0.39 is 154 Å². The lowest BCUT2D eigenvalue weighted by atomic mass is 9.94. The Labute approximate surface area is 296 Å². The van der Waals surface area contributed by atoms with Gasteiger partial charge in [0, 0.05) is 21.0 Å². The fourth-order valence-corrected chi connectivity index (χ4v) is 6.40. The molecule has 0 aromatic heterocycles. The number of carbonyl (C=O) groups excluding carboxylic acids is 2. The van der Waals surface area contributed by atoms with Crippen LogP contribution in [0.1, 0.15) is 13.8 Å². The first-order chi connectivity index (χ1) is 24.5. The van der Waals surface area contributed by atoms with Gasteiger partial charge in [-0.2, -0.15) is 0 Å². The summed E-state index contributed by atoms with van der Waals surface area (Å²) in [4.78, 5) is 24.0. The summed E-state index contributed by atoms with van der Waals surface area (Å²) in [6.45, 7) is -0.330. The van der Waals surface area contributed by atoms with Crippen LogP contribution >= 0.6 is 0 Å². The minimum absolute atomic E-state index is 0.243. The molecule has 2 amide bonds. The van der Waals surface area contributed by atoms with Crippen molar-refractivity contribution < 1.29 is 104 Å². The number of rotatable bonds is 13. The van der Waals surface area contributed by atoms with Crippen molar-refractivity contribution in [3.05, 3.63) is 0 Å². The van der Waals surface area contributed by atoms with Crippen LogP contribution in [0, 0.1) is 0 Å².